The predicted octanol–water partition coefficient (Wildman–Crippen LogP) is 4.37. The van der Waals surface area contributed by atoms with Gasteiger partial charge in [0.1, 0.15) is 11.6 Å². The third kappa shape index (κ3) is 5.67. The number of benzene rings is 2. The van der Waals surface area contributed by atoms with Crippen LogP contribution in [0.1, 0.15) is 24.0 Å². The zero-order valence-corrected chi connectivity index (χ0v) is 14.5. The number of nitrogens with one attached hydrogen (secondary N) is 1. The monoisotopic (exact) mass is 379 g/mol. The maximum absolute atomic E-state index is 13.6. The molecule has 0 radical (unpaired) electrons. The van der Waals surface area contributed by atoms with Crippen molar-refractivity contribution in [2.24, 2.45) is 0 Å². The summed E-state index contributed by atoms with van der Waals surface area (Å²) in [6.07, 6.45) is 0.961. The lowest BCUT2D eigenvalue weighted by Gasteiger charge is -2.09. The van der Waals surface area contributed by atoms with Crippen molar-refractivity contribution in [3.05, 3.63) is 63.9 Å². The number of hydrogen-bond acceptors (Lipinski definition) is 2. The van der Waals surface area contributed by atoms with Gasteiger partial charge in [0.2, 0.25) is 5.91 Å². The molecule has 0 aliphatic carbocycles. The van der Waals surface area contributed by atoms with Crippen LogP contribution in [-0.2, 0) is 11.3 Å². The highest BCUT2D eigenvalue weighted by atomic mass is 79.9. The van der Waals surface area contributed by atoms with Crippen LogP contribution in [0.3, 0.4) is 0 Å². The fraction of sp³-hybridized carbons (Fsp3) is 0.278. The average molecular weight is 380 g/mol. The lowest BCUT2D eigenvalue weighted by molar-refractivity contribution is -0.121. The zero-order valence-electron chi connectivity index (χ0n) is 12.9. The van der Waals surface area contributed by atoms with Crippen LogP contribution < -0.4 is 10.1 Å². The molecule has 0 saturated carbocycles. The van der Waals surface area contributed by atoms with E-state index in [2.05, 4.69) is 21.2 Å². The van der Waals surface area contributed by atoms with Crippen molar-refractivity contribution < 1.29 is 13.9 Å². The van der Waals surface area contributed by atoms with Gasteiger partial charge in [-0.2, -0.15) is 0 Å². The second-order valence-corrected chi connectivity index (χ2v) is 6.15. The van der Waals surface area contributed by atoms with E-state index in [0.717, 1.165) is 15.8 Å². The minimum absolute atomic E-state index is 0.113. The largest absolute Gasteiger partial charge is 0.493 e. The molecule has 0 atom stereocenters. The Hall–Kier alpha value is -1.88. The normalized spacial score (nSPS) is 10.4. The molecule has 2 aromatic carbocycles. The Morgan fingerprint density at radius 2 is 2.04 bits per heavy atom. The predicted molar refractivity (Wildman–Crippen MR) is 91.9 cm³/mol. The molecule has 0 saturated heterocycles. The third-order valence-electron chi connectivity index (χ3n) is 3.38. The third-order valence-corrected chi connectivity index (χ3v) is 3.88. The Bertz CT molecular complexity index is 676. The van der Waals surface area contributed by atoms with Crippen molar-refractivity contribution in [2.75, 3.05) is 6.61 Å². The molecule has 0 fully saturated rings. The second kappa shape index (κ2) is 8.67. The molecule has 3 nitrogen and oxygen atoms in total. The second-order valence-electron chi connectivity index (χ2n) is 5.23. The van der Waals surface area contributed by atoms with Crippen molar-refractivity contribution in [1.29, 1.82) is 0 Å². The maximum atomic E-state index is 13.6. The van der Waals surface area contributed by atoms with Gasteiger partial charge in [0.25, 0.3) is 0 Å². The topological polar surface area (TPSA) is 38.3 Å². The van der Waals surface area contributed by atoms with Crippen LogP contribution in [0, 0.1) is 12.7 Å². The van der Waals surface area contributed by atoms with E-state index in [1.165, 1.54) is 6.07 Å². The number of ether oxygens (including phenoxy) is 1. The molecule has 1 amide bonds. The summed E-state index contributed by atoms with van der Waals surface area (Å²) in [5.74, 6) is 0.401. The van der Waals surface area contributed by atoms with Gasteiger partial charge in [0, 0.05) is 23.0 Å². The first-order valence-electron chi connectivity index (χ1n) is 7.45. The fourth-order valence-electron chi connectivity index (χ4n) is 2.09. The van der Waals surface area contributed by atoms with Crippen molar-refractivity contribution in [3.8, 4) is 5.75 Å². The Balaban J connectivity index is 1.69. The Morgan fingerprint density at radius 3 is 2.83 bits per heavy atom. The highest BCUT2D eigenvalue weighted by Crippen LogP contribution is 2.17. The molecule has 5 heteroatoms. The average Bonchev–Trinajstić information content (AvgIpc) is 2.54. The number of halogens is 2. The SMILES string of the molecule is Cc1ccccc1OCCCC(=O)NCc1cc(Br)ccc1F. The lowest BCUT2D eigenvalue weighted by atomic mass is 10.2. The Morgan fingerprint density at radius 1 is 1.26 bits per heavy atom. The fourth-order valence-corrected chi connectivity index (χ4v) is 2.50. The molecule has 0 aliphatic rings. The van der Waals surface area contributed by atoms with Crippen LogP contribution in [0.25, 0.3) is 0 Å². The van der Waals surface area contributed by atoms with Gasteiger partial charge < -0.3 is 10.1 Å². The molecule has 0 aliphatic heterocycles. The zero-order chi connectivity index (χ0) is 16.7. The Labute approximate surface area is 144 Å². The molecule has 0 bridgehead atoms. The number of carbonyl (C=O) groups is 1. The van der Waals surface area contributed by atoms with E-state index in [1.807, 2.05) is 31.2 Å². The summed E-state index contributed by atoms with van der Waals surface area (Å²) < 4.78 is 20.0. The van der Waals surface area contributed by atoms with Gasteiger partial charge in [-0.05, 0) is 43.2 Å². The quantitative estimate of drug-likeness (QED) is 0.725. The summed E-state index contributed by atoms with van der Waals surface area (Å²) in [4.78, 5) is 11.8. The highest BCUT2D eigenvalue weighted by Gasteiger charge is 2.06. The van der Waals surface area contributed by atoms with E-state index in [9.17, 15) is 9.18 Å². The molecule has 23 heavy (non-hydrogen) atoms. The molecule has 0 unspecified atom stereocenters. The van der Waals surface area contributed by atoms with Crippen molar-refractivity contribution in [3.63, 3.8) is 0 Å². The molecule has 0 spiro atoms. The lowest BCUT2D eigenvalue weighted by Crippen LogP contribution is -2.23. The van der Waals surface area contributed by atoms with E-state index < -0.39 is 0 Å². The number of aryl methyl sites for hydroxylation is 1. The van der Waals surface area contributed by atoms with E-state index in [1.54, 1.807) is 12.1 Å². The number of rotatable bonds is 7. The van der Waals surface area contributed by atoms with Crippen LogP contribution in [-0.4, -0.2) is 12.5 Å². The van der Waals surface area contributed by atoms with Crippen LogP contribution in [0.15, 0.2) is 46.9 Å². The van der Waals surface area contributed by atoms with Crippen molar-refractivity contribution >= 4 is 21.8 Å². The van der Waals surface area contributed by atoms with E-state index >= 15 is 0 Å². The molecule has 122 valence electrons. The minimum Gasteiger partial charge on any atom is -0.493 e. The van der Waals surface area contributed by atoms with Crippen LogP contribution in [0.4, 0.5) is 4.39 Å². The molecule has 0 heterocycles. The molecular weight excluding hydrogens is 361 g/mol. The van der Waals surface area contributed by atoms with Crippen molar-refractivity contribution in [1.82, 2.24) is 5.32 Å². The molecular formula is C18H19BrFNO2. The highest BCUT2D eigenvalue weighted by molar-refractivity contribution is 9.10. The number of amides is 1. The first kappa shape index (κ1) is 17.5. The summed E-state index contributed by atoms with van der Waals surface area (Å²) in [6, 6.07) is 12.4. The van der Waals surface area contributed by atoms with Gasteiger partial charge in [-0.25, -0.2) is 4.39 Å². The van der Waals surface area contributed by atoms with Gasteiger partial charge in [-0.3, -0.25) is 4.79 Å². The summed E-state index contributed by atoms with van der Waals surface area (Å²) in [7, 11) is 0. The van der Waals surface area contributed by atoms with Gasteiger partial charge in [-0.15, -0.1) is 0 Å². The summed E-state index contributed by atoms with van der Waals surface area (Å²) in [6.45, 7) is 2.64. The van der Waals surface area contributed by atoms with Crippen LogP contribution in [0.2, 0.25) is 0 Å². The van der Waals surface area contributed by atoms with E-state index in [4.69, 9.17) is 4.74 Å². The van der Waals surface area contributed by atoms with Gasteiger partial charge in [0.15, 0.2) is 0 Å². The van der Waals surface area contributed by atoms with E-state index in [-0.39, 0.29) is 18.3 Å². The molecule has 2 rings (SSSR count). The van der Waals surface area contributed by atoms with Crippen molar-refractivity contribution in [2.45, 2.75) is 26.3 Å². The van der Waals surface area contributed by atoms with Gasteiger partial charge in [-0.1, -0.05) is 34.1 Å². The standard InChI is InChI=1S/C18H19BrFNO2/c1-13-5-2-3-6-17(13)23-10-4-7-18(22)21-12-14-11-15(19)8-9-16(14)20/h2-3,5-6,8-9,11H,4,7,10,12H2,1H3,(H,21,22). The number of carbonyl (C=O) groups excluding carboxylic acids is 1. The first-order valence-corrected chi connectivity index (χ1v) is 8.24. The van der Waals surface area contributed by atoms with Crippen LogP contribution in [0.5, 0.6) is 5.75 Å². The molecule has 1 N–H and O–H groups in total. The Kier molecular flexibility index (Phi) is 6.59. The molecule has 0 aromatic heterocycles. The number of hydrogen-bond donors (Lipinski definition) is 1. The minimum atomic E-state index is -0.323. The summed E-state index contributed by atoms with van der Waals surface area (Å²) in [5.41, 5.74) is 1.53. The molecule has 2 aromatic rings. The van der Waals surface area contributed by atoms with E-state index in [0.29, 0.717) is 25.0 Å². The maximum Gasteiger partial charge on any atom is 0.220 e. The van der Waals surface area contributed by atoms with Crippen LogP contribution >= 0.6 is 15.9 Å². The smallest absolute Gasteiger partial charge is 0.220 e. The summed E-state index contributed by atoms with van der Waals surface area (Å²) >= 11 is 3.29. The number of para-hydroxylation sites is 1. The summed E-state index contributed by atoms with van der Waals surface area (Å²) in [5, 5.41) is 2.72. The van der Waals surface area contributed by atoms with Gasteiger partial charge >= 0.3 is 0 Å². The van der Waals surface area contributed by atoms with Gasteiger partial charge in [0.05, 0.1) is 6.61 Å². The first-order chi connectivity index (χ1) is 11.1.